The summed E-state index contributed by atoms with van der Waals surface area (Å²) in [6, 6.07) is 9.65. The molecule has 0 aliphatic carbocycles. The Labute approximate surface area is 123 Å². The van der Waals surface area contributed by atoms with Crippen LogP contribution in [0, 0.1) is 0 Å². The average molecular weight is 294 g/mol. The van der Waals surface area contributed by atoms with Gasteiger partial charge in [0.25, 0.3) is 0 Å². The first kappa shape index (κ1) is 16.9. The summed E-state index contributed by atoms with van der Waals surface area (Å²) in [4.78, 5) is 11.3. The van der Waals surface area contributed by atoms with E-state index in [0.29, 0.717) is 0 Å². The Kier molecular flexibility index (Phi) is 4.82. The highest BCUT2D eigenvalue weighted by Crippen LogP contribution is 2.42. The number of benzene rings is 1. The fourth-order valence-electron chi connectivity index (χ4n) is 1.99. The van der Waals surface area contributed by atoms with Crippen LogP contribution in [0.4, 0.5) is 0 Å². The maximum atomic E-state index is 11.3. The average Bonchev–Trinajstić information content (AvgIpc) is 2.26. The Morgan fingerprint density at radius 3 is 2.05 bits per heavy atom. The van der Waals surface area contributed by atoms with Crippen LogP contribution >= 0.6 is 0 Å². The third-order valence-electron chi connectivity index (χ3n) is 4.16. The minimum atomic E-state index is -2.05. The predicted molar refractivity (Wildman–Crippen MR) is 84.3 cm³/mol. The van der Waals surface area contributed by atoms with E-state index >= 15 is 0 Å². The van der Waals surface area contributed by atoms with Crippen molar-refractivity contribution >= 4 is 14.3 Å². The van der Waals surface area contributed by atoms with Gasteiger partial charge in [0.2, 0.25) is 0 Å². The van der Waals surface area contributed by atoms with Gasteiger partial charge in [-0.3, -0.25) is 4.79 Å². The molecule has 0 aromatic heterocycles. The summed E-state index contributed by atoms with van der Waals surface area (Å²) in [6.45, 7) is 12.7. The second-order valence-corrected chi connectivity index (χ2v) is 11.8. The van der Waals surface area contributed by atoms with E-state index in [0.717, 1.165) is 5.56 Å². The van der Waals surface area contributed by atoms with Crippen LogP contribution in [0.2, 0.25) is 18.1 Å². The molecule has 0 bridgehead atoms. The maximum Gasteiger partial charge on any atom is 0.306 e. The highest BCUT2D eigenvalue weighted by Gasteiger charge is 2.44. The Hall–Kier alpha value is -1.13. The molecule has 0 saturated heterocycles. The smallest absolute Gasteiger partial charge is 0.306 e. The summed E-state index contributed by atoms with van der Waals surface area (Å²) in [5, 5.41) is 9.29. The van der Waals surface area contributed by atoms with Crippen molar-refractivity contribution in [1.82, 2.24) is 0 Å². The van der Waals surface area contributed by atoms with Crippen molar-refractivity contribution in [3.63, 3.8) is 0 Å². The molecule has 4 heteroatoms. The van der Waals surface area contributed by atoms with Gasteiger partial charge in [-0.1, -0.05) is 51.1 Å². The highest BCUT2D eigenvalue weighted by atomic mass is 28.4. The van der Waals surface area contributed by atoms with Crippen molar-refractivity contribution in [2.75, 3.05) is 0 Å². The molecule has 0 aliphatic heterocycles. The maximum absolute atomic E-state index is 11.3. The van der Waals surface area contributed by atoms with E-state index in [1.807, 2.05) is 37.3 Å². The number of aliphatic carboxylic acids is 1. The highest BCUT2D eigenvalue weighted by molar-refractivity contribution is 6.74. The summed E-state index contributed by atoms with van der Waals surface area (Å²) in [7, 11) is -2.05. The zero-order chi connectivity index (χ0) is 15.6. The molecular formula is C16H26O3Si. The van der Waals surface area contributed by atoms with Crippen molar-refractivity contribution in [2.45, 2.75) is 57.8 Å². The van der Waals surface area contributed by atoms with Gasteiger partial charge in [0.05, 0.1) is 12.0 Å². The van der Waals surface area contributed by atoms with Gasteiger partial charge >= 0.3 is 5.97 Å². The fourth-order valence-corrected chi connectivity index (χ4v) is 3.62. The van der Waals surface area contributed by atoms with E-state index in [4.69, 9.17) is 4.43 Å². The van der Waals surface area contributed by atoms with Gasteiger partial charge in [0.1, 0.15) is 0 Å². The van der Waals surface area contributed by atoms with Gasteiger partial charge in [-0.05, 0) is 30.6 Å². The lowest BCUT2D eigenvalue weighted by Gasteiger charge is -2.44. The topological polar surface area (TPSA) is 46.5 Å². The van der Waals surface area contributed by atoms with Crippen LogP contribution in [0.1, 0.15) is 39.7 Å². The number of carboxylic acids is 1. The molecule has 1 atom stereocenters. The third-order valence-corrected chi connectivity index (χ3v) is 8.73. The van der Waals surface area contributed by atoms with Crippen LogP contribution in [0.3, 0.4) is 0 Å². The van der Waals surface area contributed by atoms with Crippen LogP contribution in [-0.2, 0) is 14.8 Å². The lowest BCUT2D eigenvalue weighted by molar-refractivity contribution is -0.141. The fraction of sp³-hybridized carbons (Fsp3) is 0.562. The van der Waals surface area contributed by atoms with Gasteiger partial charge in [0.15, 0.2) is 8.32 Å². The quantitative estimate of drug-likeness (QED) is 0.819. The van der Waals surface area contributed by atoms with E-state index in [-0.39, 0.29) is 11.5 Å². The van der Waals surface area contributed by atoms with E-state index in [2.05, 4.69) is 33.9 Å². The number of hydrogen-bond acceptors (Lipinski definition) is 2. The molecule has 0 heterocycles. The summed E-state index contributed by atoms with van der Waals surface area (Å²) in [5.41, 5.74) is 0.142. The molecule has 0 unspecified atom stereocenters. The standard InChI is InChI=1S/C16H26O3Si/c1-15(2,3)20(5,6)19-16(4,12-14(17)18)13-10-8-7-9-11-13/h7-11H,12H2,1-6H3,(H,17,18)/t16-/m0/s1. The molecule has 1 rings (SSSR count). The van der Waals surface area contributed by atoms with Gasteiger partial charge in [-0.25, -0.2) is 0 Å². The Morgan fingerprint density at radius 2 is 1.65 bits per heavy atom. The minimum absolute atomic E-state index is 0.0243. The molecule has 0 saturated carbocycles. The molecule has 0 radical (unpaired) electrons. The predicted octanol–water partition coefficient (Wildman–Crippen LogP) is 4.40. The molecular weight excluding hydrogens is 268 g/mol. The molecule has 1 aromatic carbocycles. The van der Waals surface area contributed by atoms with Crippen LogP contribution in [-0.4, -0.2) is 19.4 Å². The minimum Gasteiger partial charge on any atom is -0.481 e. The second-order valence-electron chi connectivity index (χ2n) is 7.03. The van der Waals surface area contributed by atoms with E-state index in [9.17, 15) is 9.90 Å². The van der Waals surface area contributed by atoms with Crippen molar-refractivity contribution in [1.29, 1.82) is 0 Å². The van der Waals surface area contributed by atoms with Crippen molar-refractivity contribution in [3.8, 4) is 0 Å². The number of rotatable bonds is 5. The van der Waals surface area contributed by atoms with Crippen molar-refractivity contribution in [2.24, 2.45) is 0 Å². The first-order valence-electron chi connectivity index (χ1n) is 6.95. The SMILES string of the molecule is CC(C)(C)[Si](C)(C)O[C@@](C)(CC(=O)O)c1ccccc1. The normalized spacial score (nSPS) is 15.7. The zero-order valence-electron chi connectivity index (χ0n) is 13.4. The second kappa shape index (κ2) is 5.70. The summed E-state index contributed by atoms with van der Waals surface area (Å²) in [6.07, 6.45) is -0.0243. The first-order valence-corrected chi connectivity index (χ1v) is 9.86. The lowest BCUT2D eigenvalue weighted by atomic mass is 9.93. The summed E-state index contributed by atoms with van der Waals surface area (Å²) >= 11 is 0. The summed E-state index contributed by atoms with van der Waals surface area (Å²) in [5.74, 6) is -0.838. The van der Waals surface area contributed by atoms with Gasteiger partial charge in [0, 0.05) is 0 Å². The molecule has 0 amide bonds. The Balaban J connectivity index is 3.17. The molecule has 112 valence electrons. The third kappa shape index (κ3) is 3.93. The first-order chi connectivity index (χ1) is 8.98. The van der Waals surface area contributed by atoms with Gasteiger partial charge < -0.3 is 9.53 Å². The van der Waals surface area contributed by atoms with Crippen LogP contribution in [0.15, 0.2) is 30.3 Å². The van der Waals surface area contributed by atoms with E-state index in [1.165, 1.54) is 0 Å². The van der Waals surface area contributed by atoms with Gasteiger partial charge in [-0.2, -0.15) is 0 Å². The van der Waals surface area contributed by atoms with E-state index in [1.54, 1.807) is 0 Å². The van der Waals surface area contributed by atoms with Gasteiger partial charge in [-0.15, -0.1) is 0 Å². The monoisotopic (exact) mass is 294 g/mol. The molecule has 3 nitrogen and oxygen atoms in total. The van der Waals surface area contributed by atoms with Crippen LogP contribution < -0.4 is 0 Å². The lowest BCUT2D eigenvalue weighted by Crippen LogP contribution is -2.48. The van der Waals surface area contributed by atoms with Crippen LogP contribution in [0.5, 0.6) is 0 Å². The largest absolute Gasteiger partial charge is 0.481 e. The zero-order valence-corrected chi connectivity index (χ0v) is 14.4. The van der Waals surface area contributed by atoms with E-state index < -0.39 is 19.9 Å². The van der Waals surface area contributed by atoms with Crippen molar-refractivity contribution < 1.29 is 14.3 Å². The van der Waals surface area contributed by atoms with Crippen LogP contribution in [0.25, 0.3) is 0 Å². The Bertz CT molecular complexity index is 462. The number of carbonyl (C=O) groups is 1. The molecule has 20 heavy (non-hydrogen) atoms. The Morgan fingerprint density at radius 1 is 1.15 bits per heavy atom. The number of carboxylic acid groups (broad SMARTS) is 1. The molecule has 1 aromatic rings. The number of hydrogen-bond donors (Lipinski definition) is 1. The van der Waals surface area contributed by atoms with Crippen molar-refractivity contribution in [3.05, 3.63) is 35.9 Å². The molecule has 1 N–H and O–H groups in total. The molecule has 0 fully saturated rings. The molecule has 0 aliphatic rings. The summed E-state index contributed by atoms with van der Waals surface area (Å²) < 4.78 is 6.44. The molecule has 0 spiro atoms.